The summed E-state index contributed by atoms with van der Waals surface area (Å²) in [5, 5.41) is 17.8. The number of nitrogens with one attached hydrogen (secondary N) is 3. The molecule has 3 amide bonds. The molecule has 1 aromatic carbocycles. The predicted molar refractivity (Wildman–Crippen MR) is 106 cm³/mol. The van der Waals surface area contributed by atoms with Gasteiger partial charge in [0.2, 0.25) is 0 Å². The zero-order chi connectivity index (χ0) is 19.9. The van der Waals surface area contributed by atoms with Crippen LogP contribution in [0.3, 0.4) is 0 Å². The number of carboxylic acid groups (broad SMARTS) is 1. The number of hydrogen-bond acceptors (Lipinski definition) is 3. The van der Waals surface area contributed by atoms with E-state index in [-0.39, 0.29) is 29.9 Å². The fraction of sp³-hybridized carbons (Fsp3) is 0.571. The first kappa shape index (κ1) is 20.2. The number of hydrogen-bond donors (Lipinski definition) is 4. The van der Waals surface area contributed by atoms with Crippen LogP contribution in [-0.2, 0) is 4.79 Å². The molecule has 4 N–H and O–H groups in total. The van der Waals surface area contributed by atoms with Gasteiger partial charge in [-0.3, -0.25) is 9.59 Å². The normalized spacial score (nSPS) is 22.9. The van der Waals surface area contributed by atoms with E-state index in [0.717, 1.165) is 12.8 Å². The highest BCUT2D eigenvalue weighted by atomic mass is 16.4. The second kappa shape index (κ2) is 9.57. The van der Waals surface area contributed by atoms with Crippen LogP contribution in [-0.4, -0.2) is 35.1 Å². The largest absolute Gasteiger partial charge is 0.481 e. The van der Waals surface area contributed by atoms with Gasteiger partial charge < -0.3 is 21.1 Å². The molecule has 2 fully saturated rings. The molecular formula is C21H29N3O4. The van der Waals surface area contributed by atoms with E-state index >= 15 is 0 Å². The van der Waals surface area contributed by atoms with Crippen LogP contribution < -0.4 is 16.0 Å². The molecule has 0 radical (unpaired) electrons. The van der Waals surface area contributed by atoms with Gasteiger partial charge in [-0.25, -0.2) is 4.79 Å². The van der Waals surface area contributed by atoms with Crippen LogP contribution >= 0.6 is 0 Å². The van der Waals surface area contributed by atoms with Crippen molar-refractivity contribution in [2.24, 2.45) is 5.92 Å². The highest BCUT2D eigenvalue weighted by molar-refractivity contribution is 5.95. The molecular weight excluding hydrogens is 358 g/mol. The van der Waals surface area contributed by atoms with Gasteiger partial charge in [-0.05, 0) is 62.8 Å². The Hall–Kier alpha value is -2.57. The zero-order valence-electron chi connectivity index (χ0n) is 16.1. The third-order valence-corrected chi connectivity index (χ3v) is 5.76. The number of carbonyl (C=O) groups is 3. The van der Waals surface area contributed by atoms with Gasteiger partial charge in [0.05, 0.1) is 5.92 Å². The summed E-state index contributed by atoms with van der Waals surface area (Å²) in [6.07, 6.45) is 8.18. The number of urea groups is 1. The van der Waals surface area contributed by atoms with Crippen LogP contribution in [0.1, 0.15) is 68.1 Å². The first-order chi connectivity index (χ1) is 13.5. The van der Waals surface area contributed by atoms with Gasteiger partial charge in [0.15, 0.2) is 0 Å². The van der Waals surface area contributed by atoms with Crippen LogP contribution in [0.2, 0.25) is 0 Å². The Kier molecular flexibility index (Phi) is 6.90. The van der Waals surface area contributed by atoms with Crippen molar-refractivity contribution in [3.05, 3.63) is 29.8 Å². The summed E-state index contributed by atoms with van der Waals surface area (Å²) >= 11 is 0. The molecule has 2 saturated carbocycles. The SMILES string of the molecule is O=C(Nc1ccc(C(=O)NC2CCCCC2)cc1)NC1CCC(C(=O)O)CC1. The van der Waals surface area contributed by atoms with Crippen molar-refractivity contribution < 1.29 is 19.5 Å². The van der Waals surface area contributed by atoms with Crippen molar-refractivity contribution in [2.45, 2.75) is 69.9 Å². The Labute approximate surface area is 165 Å². The minimum absolute atomic E-state index is 0.00357. The molecule has 0 aliphatic heterocycles. The van der Waals surface area contributed by atoms with Gasteiger partial charge in [-0.1, -0.05) is 19.3 Å². The predicted octanol–water partition coefficient (Wildman–Crippen LogP) is 3.51. The standard InChI is InChI=1S/C21H29N3O4/c25-19(22-16-4-2-1-3-5-16)14-6-10-17(11-7-14)23-21(28)24-18-12-8-15(9-13-18)20(26)27/h6-7,10-11,15-16,18H,1-5,8-9,12-13H2,(H,22,25)(H,26,27)(H2,23,24,28). The second-order valence-electron chi connectivity index (χ2n) is 7.87. The number of amides is 3. The van der Waals surface area contributed by atoms with Crippen molar-refractivity contribution >= 4 is 23.6 Å². The van der Waals surface area contributed by atoms with E-state index in [9.17, 15) is 14.4 Å². The van der Waals surface area contributed by atoms with Gasteiger partial charge in [0.25, 0.3) is 5.91 Å². The number of rotatable bonds is 5. The van der Waals surface area contributed by atoms with E-state index in [1.807, 2.05) is 0 Å². The van der Waals surface area contributed by atoms with E-state index in [0.29, 0.717) is 36.9 Å². The van der Waals surface area contributed by atoms with E-state index in [2.05, 4.69) is 16.0 Å². The van der Waals surface area contributed by atoms with E-state index in [1.165, 1.54) is 19.3 Å². The number of carboxylic acids is 1. The van der Waals surface area contributed by atoms with Gasteiger partial charge in [-0.2, -0.15) is 0 Å². The number of benzene rings is 1. The number of carbonyl (C=O) groups excluding carboxylic acids is 2. The molecule has 7 nitrogen and oxygen atoms in total. The maximum Gasteiger partial charge on any atom is 0.319 e. The lowest BCUT2D eigenvalue weighted by Gasteiger charge is -2.26. The first-order valence-corrected chi connectivity index (χ1v) is 10.2. The van der Waals surface area contributed by atoms with Crippen molar-refractivity contribution in [2.75, 3.05) is 5.32 Å². The summed E-state index contributed by atoms with van der Waals surface area (Å²) in [4.78, 5) is 35.5. The van der Waals surface area contributed by atoms with Crippen molar-refractivity contribution in [1.29, 1.82) is 0 Å². The third-order valence-electron chi connectivity index (χ3n) is 5.76. The summed E-state index contributed by atoms with van der Waals surface area (Å²) in [6, 6.07) is 6.82. The van der Waals surface area contributed by atoms with Crippen molar-refractivity contribution in [3.8, 4) is 0 Å². The Morgan fingerprint density at radius 3 is 2.00 bits per heavy atom. The maximum atomic E-state index is 12.3. The first-order valence-electron chi connectivity index (χ1n) is 10.2. The highest BCUT2D eigenvalue weighted by Gasteiger charge is 2.26. The minimum Gasteiger partial charge on any atom is -0.481 e. The molecule has 0 atom stereocenters. The molecule has 0 heterocycles. The topological polar surface area (TPSA) is 108 Å². The van der Waals surface area contributed by atoms with Crippen LogP contribution in [0, 0.1) is 5.92 Å². The molecule has 2 aliphatic rings. The lowest BCUT2D eigenvalue weighted by molar-refractivity contribution is -0.142. The quantitative estimate of drug-likeness (QED) is 0.620. The molecule has 28 heavy (non-hydrogen) atoms. The van der Waals surface area contributed by atoms with Gasteiger partial charge >= 0.3 is 12.0 Å². The van der Waals surface area contributed by atoms with Crippen molar-refractivity contribution in [3.63, 3.8) is 0 Å². The molecule has 152 valence electrons. The second-order valence-corrected chi connectivity index (χ2v) is 7.87. The third kappa shape index (κ3) is 5.71. The minimum atomic E-state index is -0.754. The molecule has 0 saturated heterocycles. The molecule has 0 bridgehead atoms. The monoisotopic (exact) mass is 387 g/mol. The van der Waals surface area contributed by atoms with E-state index in [4.69, 9.17) is 5.11 Å². The molecule has 2 aliphatic carbocycles. The maximum absolute atomic E-state index is 12.3. The van der Waals surface area contributed by atoms with Crippen molar-refractivity contribution in [1.82, 2.24) is 10.6 Å². The van der Waals surface area contributed by atoms with Crippen LogP contribution in [0.15, 0.2) is 24.3 Å². The number of anilines is 1. The highest BCUT2D eigenvalue weighted by Crippen LogP contribution is 2.24. The molecule has 3 rings (SSSR count). The molecule has 1 aromatic rings. The molecule has 0 aromatic heterocycles. The fourth-order valence-electron chi connectivity index (χ4n) is 4.06. The summed E-state index contributed by atoms with van der Waals surface area (Å²) in [5.74, 6) is -1.12. The summed E-state index contributed by atoms with van der Waals surface area (Å²) in [7, 11) is 0. The summed E-state index contributed by atoms with van der Waals surface area (Å²) < 4.78 is 0. The van der Waals surface area contributed by atoms with Crippen LogP contribution in [0.5, 0.6) is 0 Å². The lowest BCUT2D eigenvalue weighted by Crippen LogP contribution is -2.41. The van der Waals surface area contributed by atoms with Gasteiger partial charge in [0.1, 0.15) is 0 Å². The Morgan fingerprint density at radius 1 is 0.786 bits per heavy atom. The Balaban J connectivity index is 1.44. The lowest BCUT2D eigenvalue weighted by atomic mass is 9.86. The van der Waals surface area contributed by atoms with Gasteiger partial charge in [-0.15, -0.1) is 0 Å². The average Bonchev–Trinajstić information content (AvgIpc) is 2.69. The van der Waals surface area contributed by atoms with Crippen LogP contribution in [0.4, 0.5) is 10.5 Å². The Bertz CT molecular complexity index is 690. The summed E-state index contributed by atoms with van der Waals surface area (Å²) in [5.41, 5.74) is 1.20. The Morgan fingerprint density at radius 2 is 1.39 bits per heavy atom. The number of aliphatic carboxylic acids is 1. The van der Waals surface area contributed by atoms with E-state index in [1.54, 1.807) is 24.3 Å². The van der Waals surface area contributed by atoms with Gasteiger partial charge in [0, 0.05) is 23.3 Å². The molecule has 7 heteroatoms. The smallest absolute Gasteiger partial charge is 0.319 e. The average molecular weight is 387 g/mol. The molecule has 0 unspecified atom stereocenters. The zero-order valence-corrected chi connectivity index (χ0v) is 16.1. The van der Waals surface area contributed by atoms with E-state index < -0.39 is 5.97 Å². The van der Waals surface area contributed by atoms with Crippen LogP contribution in [0.25, 0.3) is 0 Å². The molecule has 0 spiro atoms. The fourth-order valence-corrected chi connectivity index (χ4v) is 4.06. The summed E-state index contributed by atoms with van der Waals surface area (Å²) in [6.45, 7) is 0.